The van der Waals surface area contributed by atoms with E-state index in [-0.39, 0.29) is 30.4 Å². The van der Waals surface area contributed by atoms with E-state index in [0.29, 0.717) is 13.1 Å². The summed E-state index contributed by atoms with van der Waals surface area (Å²) >= 11 is 0. The summed E-state index contributed by atoms with van der Waals surface area (Å²) < 4.78 is 6.82. The van der Waals surface area contributed by atoms with E-state index in [2.05, 4.69) is 6.92 Å². The molecule has 0 aliphatic carbocycles. The maximum absolute atomic E-state index is 14.5. The van der Waals surface area contributed by atoms with Crippen molar-refractivity contribution in [2.24, 2.45) is 11.8 Å². The fourth-order valence-electron chi connectivity index (χ4n) is 6.94. The van der Waals surface area contributed by atoms with Gasteiger partial charge in [-0.3, -0.25) is 14.4 Å². The third-order valence-electron chi connectivity index (χ3n) is 8.66. The molecule has 0 radical (unpaired) electrons. The zero-order chi connectivity index (χ0) is 26.5. The number of carbonyl (C=O) groups excluding carboxylic acids is 3. The Morgan fingerprint density at radius 3 is 2.41 bits per heavy atom. The van der Waals surface area contributed by atoms with Gasteiger partial charge in [0.25, 0.3) is 0 Å². The van der Waals surface area contributed by atoms with E-state index >= 15 is 0 Å². The van der Waals surface area contributed by atoms with Crippen molar-refractivity contribution < 1.29 is 24.2 Å². The molecule has 2 saturated heterocycles. The van der Waals surface area contributed by atoms with Crippen molar-refractivity contribution >= 4 is 17.7 Å². The number of likely N-dealkylation sites (N-methyl/N-ethyl adjacent to an activating group) is 1. The highest BCUT2D eigenvalue weighted by Crippen LogP contribution is 2.58. The minimum atomic E-state index is -1.32. The molecule has 2 fully saturated rings. The number of hydrogen-bond acceptors (Lipinski definition) is 5. The van der Waals surface area contributed by atoms with Gasteiger partial charge in [0.15, 0.2) is 0 Å². The number of fused-ring (bicyclic) bond motifs is 2. The van der Waals surface area contributed by atoms with Crippen molar-refractivity contribution in [2.45, 2.75) is 62.9 Å². The van der Waals surface area contributed by atoms with Gasteiger partial charge in [-0.1, -0.05) is 68.0 Å². The van der Waals surface area contributed by atoms with Crippen molar-refractivity contribution in [2.75, 3.05) is 26.7 Å². The molecule has 2 unspecified atom stereocenters. The second kappa shape index (κ2) is 9.40. The molecule has 1 aromatic carbocycles. The second-order valence-corrected chi connectivity index (χ2v) is 11.0. The fraction of sp³-hybridized carbons (Fsp3) is 0.552. The Kier molecular flexibility index (Phi) is 6.52. The average Bonchev–Trinajstić information content (AvgIpc) is 3.15. The number of rotatable bonds is 6. The molecular weight excluding hydrogens is 470 g/mol. The van der Waals surface area contributed by atoms with Crippen LogP contribution < -0.4 is 0 Å². The number of aliphatic hydroxyl groups excluding tert-OH is 1. The lowest BCUT2D eigenvalue weighted by molar-refractivity contribution is -0.156. The lowest BCUT2D eigenvalue weighted by atomic mass is 9.74. The SMILES string of the molecule is CCCC(C)N1CC=C[C@]23O[C@]4(C)C=CCN(C)C(=O)[C@@H]4[C@H]2C(=O)N([C@H](CO)c2ccccc2)C3C1=O. The highest BCUT2D eigenvalue weighted by Gasteiger charge is 2.75. The topological polar surface area (TPSA) is 90.4 Å². The molecule has 4 aliphatic heterocycles. The van der Waals surface area contributed by atoms with E-state index in [0.717, 1.165) is 18.4 Å². The van der Waals surface area contributed by atoms with Crippen molar-refractivity contribution in [3.63, 3.8) is 0 Å². The number of benzene rings is 1. The molecule has 4 aliphatic rings. The lowest BCUT2D eigenvalue weighted by Crippen LogP contribution is -2.58. The van der Waals surface area contributed by atoms with Crippen LogP contribution in [0.2, 0.25) is 0 Å². The number of aliphatic hydroxyl groups is 1. The van der Waals surface area contributed by atoms with Crippen LogP contribution >= 0.6 is 0 Å². The van der Waals surface area contributed by atoms with Gasteiger partial charge in [0.2, 0.25) is 17.7 Å². The van der Waals surface area contributed by atoms with Gasteiger partial charge in [0.1, 0.15) is 11.6 Å². The van der Waals surface area contributed by atoms with E-state index in [9.17, 15) is 19.5 Å². The second-order valence-electron chi connectivity index (χ2n) is 11.0. The van der Waals surface area contributed by atoms with Crippen LogP contribution in [0.3, 0.4) is 0 Å². The van der Waals surface area contributed by atoms with Gasteiger partial charge >= 0.3 is 0 Å². The molecule has 5 rings (SSSR count). The van der Waals surface area contributed by atoms with Gasteiger partial charge in [0, 0.05) is 26.2 Å². The minimum Gasteiger partial charge on any atom is -0.394 e. The molecular formula is C29H37N3O5. The van der Waals surface area contributed by atoms with E-state index in [1.165, 1.54) is 4.90 Å². The summed E-state index contributed by atoms with van der Waals surface area (Å²) in [5, 5.41) is 10.6. The van der Waals surface area contributed by atoms with Crippen molar-refractivity contribution in [1.82, 2.24) is 14.7 Å². The number of nitrogens with zero attached hydrogens (tertiary/aromatic N) is 3. The standard InChI is InChI=1S/C29H37N3O5/c1-5-11-19(2)31-17-10-15-29-23(22-25(34)30(4)16-9-14-28(22,3)37-29)26(35)32(24(29)27(31)36)21(18-33)20-12-7-6-8-13-20/h6-10,12-15,19,21-24,33H,5,11,16-18H2,1-4H3/t19?,21-,22+,23+,24?,28-,29+/m1/s1. The molecule has 0 bridgehead atoms. The molecule has 198 valence electrons. The number of hydrogen-bond donors (Lipinski definition) is 1. The molecule has 8 nitrogen and oxygen atoms in total. The van der Waals surface area contributed by atoms with Crippen molar-refractivity contribution in [3.05, 3.63) is 60.2 Å². The number of likely N-dealkylation sites (tertiary alicyclic amines) is 1. The highest BCUT2D eigenvalue weighted by atomic mass is 16.5. The van der Waals surface area contributed by atoms with Gasteiger partial charge in [-0.15, -0.1) is 0 Å². The van der Waals surface area contributed by atoms with Crippen LogP contribution in [0.1, 0.15) is 45.2 Å². The summed E-state index contributed by atoms with van der Waals surface area (Å²) in [5.74, 6) is -2.39. The molecule has 3 amide bonds. The summed E-state index contributed by atoms with van der Waals surface area (Å²) in [6.45, 7) is 6.42. The summed E-state index contributed by atoms with van der Waals surface area (Å²) in [5.41, 5.74) is -1.63. The Labute approximate surface area is 218 Å². The Hall–Kier alpha value is -2.97. The fourth-order valence-corrected chi connectivity index (χ4v) is 6.94. The van der Waals surface area contributed by atoms with E-state index in [1.807, 2.05) is 73.4 Å². The van der Waals surface area contributed by atoms with Crippen molar-refractivity contribution in [1.29, 1.82) is 0 Å². The van der Waals surface area contributed by atoms with Crippen LogP contribution in [0.25, 0.3) is 0 Å². The largest absolute Gasteiger partial charge is 0.394 e. The monoisotopic (exact) mass is 507 g/mol. The van der Waals surface area contributed by atoms with Crippen LogP contribution in [0.15, 0.2) is 54.6 Å². The zero-order valence-corrected chi connectivity index (χ0v) is 22.0. The van der Waals surface area contributed by atoms with Crippen LogP contribution in [0, 0.1) is 11.8 Å². The maximum atomic E-state index is 14.5. The molecule has 7 atom stereocenters. The highest BCUT2D eigenvalue weighted by molar-refractivity contribution is 6.00. The maximum Gasteiger partial charge on any atom is 0.249 e. The Morgan fingerprint density at radius 1 is 1.03 bits per heavy atom. The molecule has 0 aromatic heterocycles. The normalized spacial score (nSPS) is 34.7. The Balaban J connectivity index is 1.70. The number of ether oxygens (including phenoxy) is 1. The van der Waals surface area contributed by atoms with Crippen LogP contribution in [0.5, 0.6) is 0 Å². The summed E-state index contributed by atoms with van der Waals surface area (Å²) in [6.07, 6.45) is 9.29. The molecule has 37 heavy (non-hydrogen) atoms. The van der Waals surface area contributed by atoms with Crippen LogP contribution in [0.4, 0.5) is 0 Å². The Morgan fingerprint density at radius 2 is 1.73 bits per heavy atom. The van der Waals surface area contributed by atoms with Crippen LogP contribution in [-0.4, -0.2) is 87.6 Å². The smallest absolute Gasteiger partial charge is 0.249 e. The van der Waals surface area contributed by atoms with E-state index < -0.39 is 35.1 Å². The van der Waals surface area contributed by atoms with Gasteiger partial charge in [-0.2, -0.15) is 0 Å². The molecule has 1 aromatic rings. The van der Waals surface area contributed by atoms with Gasteiger partial charge in [-0.25, -0.2) is 0 Å². The van der Waals surface area contributed by atoms with E-state index in [1.54, 1.807) is 11.9 Å². The van der Waals surface area contributed by atoms with Crippen molar-refractivity contribution in [3.8, 4) is 0 Å². The summed E-state index contributed by atoms with van der Waals surface area (Å²) in [7, 11) is 1.72. The summed E-state index contributed by atoms with van der Waals surface area (Å²) in [6, 6.07) is 7.48. The molecule has 1 spiro atoms. The van der Waals surface area contributed by atoms with Crippen LogP contribution in [-0.2, 0) is 19.1 Å². The van der Waals surface area contributed by atoms with E-state index in [4.69, 9.17) is 4.74 Å². The molecule has 1 N–H and O–H groups in total. The van der Waals surface area contributed by atoms with Gasteiger partial charge in [0.05, 0.1) is 30.1 Å². The quantitative estimate of drug-likeness (QED) is 0.597. The molecule has 8 heteroatoms. The first-order valence-corrected chi connectivity index (χ1v) is 13.3. The first-order valence-electron chi connectivity index (χ1n) is 13.3. The number of carbonyl (C=O) groups is 3. The van der Waals surface area contributed by atoms with Gasteiger partial charge < -0.3 is 24.5 Å². The number of amides is 3. The van der Waals surface area contributed by atoms with Gasteiger partial charge in [-0.05, 0) is 25.8 Å². The predicted octanol–water partition coefficient (Wildman–Crippen LogP) is 2.31. The average molecular weight is 508 g/mol. The first-order chi connectivity index (χ1) is 17.7. The molecule has 4 heterocycles. The Bertz CT molecular complexity index is 1140. The summed E-state index contributed by atoms with van der Waals surface area (Å²) in [4.78, 5) is 47.5. The third-order valence-corrected chi connectivity index (χ3v) is 8.66. The first kappa shape index (κ1) is 25.7. The predicted molar refractivity (Wildman–Crippen MR) is 138 cm³/mol. The minimum absolute atomic E-state index is 0.0345. The zero-order valence-electron chi connectivity index (χ0n) is 22.0. The molecule has 0 saturated carbocycles. The lowest BCUT2D eigenvalue weighted by Gasteiger charge is -2.41. The third kappa shape index (κ3) is 3.76.